The summed E-state index contributed by atoms with van der Waals surface area (Å²) >= 11 is 0. The number of rotatable bonds is 8. The first-order chi connectivity index (χ1) is 12.6. The van der Waals surface area contributed by atoms with Crippen molar-refractivity contribution in [1.29, 1.82) is 0 Å². The number of aryl methyl sites for hydroxylation is 1. The molecule has 0 bridgehead atoms. The fraction of sp³-hybridized carbons (Fsp3) is 0.571. The van der Waals surface area contributed by atoms with E-state index in [1.54, 1.807) is 7.11 Å². The molecular weight excluding hydrogens is 328 g/mol. The van der Waals surface area contributed by atoms with Gasteiger partial charge in [0.1, 0.15) is 0 Å². The van der Waals surface area contributed by atoms with E-state index in [0.717, 1.165) is 48.9 Å². The molecule has 1 aliphatic rings. The van der Waals surface area contributed by atoms with Gasteiger partial charge in [-0.15, -0.1) is 0 Å². The van der Waals surface area contributed by atoms with E-state index in [-0.39, 0.29) is 0 Å². The van der Waals surface area contributed by atoms with Gasteiger partial charge < -0.3 is 14.0 Å². The van der Waals surface area contributed by atoms with E-state index in [4.69, 9.17) is 14.0 Å². The zero-order valence-electron chi connectivity index (χ0n) is 16.3. The van der Waals surface area contributed by atoms with Crippen LogP contribution >= 0.6 is 0 Å². The SMILES string of the molecule is CCc1cc(C2CCCN2Cc2ccc(OCC(C)C)c(OC)c2)on1. The van der Waals surface area contributed by atoms with E-state index in [1.807, 2.05) is 6.07 Å². The third-order valence-electron chi connectivity index (χ3n) is 4.82. The molecular formula is C21H30N2O3. The fourth-order valence-corrected chi connectivity index (χ4v) is 3.41. The van der Waals surface area contributed by atoms with Crippen molar-refractivity contribution in [3.63, 3.8) is 0 Å². The van der Waals surface area contributed by atoms with Gasteiger partial charge in [0.05, 0.1) is 25.5 Å². The summed E-state index contributed by atoms with van der Waals surface area (Å²) in [5.41, 5.74) is 2.25. The average molecular weight is 358 g/mol. The molecule has 0 aliphatic carbocycles. The lowest BCUT2D eigenvalue weighted by molar-refractivity contribution is 0.206. The zero-order chi connectivity index (χ0) is 18.5. The molecule has 1 fully saturated rings. The second kappa shape index (κ2) is 8.58. The smallest absolute Gasteiger partial charge is 0.161 e. The van der Waals surface area contributed by atoms with Gasteiger partial charge in [0, 0.05) is 12.6 Å². The first-order valence-corrected chi connectivity index (χ1v) is 9.60. The monoisotopic (exact) mass is 358 g/mol. The van der Waals surface area contributed by atoms with Crippen LogP contribution in [0, 0.1) is 5.92 Å². The van der Waals surface area contributed by atoms with Gasteiger partial charge in [0.15, 0.2) is 17.3 Å². The van der Waals surface area contributed by atoms with E-state index in [0.29, 0.717) is 18.6 Å². The lowest BCUT2D eigenvalue weighted by Gasteiger charge is -2.23. The van der Waals surface area contributed by atoms with Crippen LogP contribution in [0.5, 0.6) is 11.5 Å². The first-order valence-electron chi connectivity index (χ1n) is 9.60. The number of ether oxygens (including phenoxy) is 2. The van der Waals surface area contributed by atoms with Crippen molar-refractivity contribution in [1.82, 2.24) is 10.1 Å². The highest BCUT2D eigenvalue weighted by Gasteiger charge is 2.29. The van der Waals surface area contributed by atoms with Crippen LogP contribution in [0.2, 0.25) is 0 Å². The van der Waals surface area contributed by atoms with E-state index < -0.39 is 0 Å². The second-order valence-electron chi connectivity index (χ2n) is 7.39. The third kappa shape index (κ3) is 4.39. The maximum absolute atomic E-state index is 5.86. The van der Waals surface area contributed by atoms with Crippen LogP contribution in [0.3, 0.4) is 0 Å². The van der Waals surface area contributed by atoms with Gasteiger partial charge in [-0.05, 0) is 49.4 Å². The van der Waals surface area contributed by atoms with Gasteiger partial charge in [0.2, 0.25) is 0 Å². The lowest BCUT2D eigenvalue weighted by Crippen LogP contribution is -2.22. The van der Waals surface area contributed by atoms with Gasteiger partial charge in [-0.25, -0.2) is 0 Å². The van der Waals surface area contributed by atoms with Gasteiger partial charge in [-0.2, -0.15) is 0 Å². The van der Waals surface area contributed by atoms with Crippen molar-refractivity contribution in [3.8, 4) is 11.5 Å². The van der Waals surface area contributed by atoms with E-state index >= 15 is 0 Å². The largest absolute Gasteiger partial charge is 0.493 e. The summed E-state index contributed by atoms with van der Waals surface area (Å²) in [6, 6.07) is 8.65. The molecule has 26 heavy (non-hydrogen) atoms. The molecule has 1 aliphatic heterocycles. The van der Waals surface area contributed by atoms with Crippen LogP contribution in [0.25, 0.3) is 0 Å². The Bertz CT molecular complexity index is 711. The number of methoxy groups -OCH3 is 1. The number of likely N-dealkylation sites (tertiary alicyclic amines) is 1. The highest BCUT2D eigenvalue weighted by molar-refractivity contribution is 5.43. The van der Waals surface area contributed by atoms with Crippen molar-refractivity contribution in [2.45, 2.75) is 52.6 Å². The Morgan fingerprint density at radius 2 is 2.12 bits per heavy atom. The van der Waals surface area contributed by atoms with Crippen molar-refractivity contribution in [2.24, 2.45) is 5.92 Å². The van der Waals surface area contributed by atoms with Crippen molar-refractivity contribution in [2.75, 3.05) is 20.3 Å². The topological polar surface area (TPSA) is 47.7 Å². The number of nitrogens with zero attached hydrogens (tertiary/aromatic N) is 2. The van der Waals surface area contributed by atoms with E-state index in [9.17, 15) is 0 Å². The molecule has 1 saturated heterocycles. The summed E-state index contributed by atoms with van der Waals surface area (Å²) < 4.78 is 17.0. The summed E-state index contributed by atoms with van der Waals surface area (Å²) in [6.07, 6.45) is 3.20. The van der Waals surface area contributed by atoms with E-state index in [2.05, 4.69) is 49.0 Å². The Kier molecular flexibility index (Phi) is 6.20. The summed E-state index contributed by atoms with van der Waals surface area (Å²) in [6.45, 7) is 9.01. The second-order valence-corrected chi connectivity index (χ2v) is 7.39. The molecule has 2 aromatic rings. The Hall–Kier alpha value is -2.01. The molecule has 1 unspecified atom stereocenters. The van der Waals surface area contributed by atoms with Gasteiger partial charge in [0.25, 0.3) is 0 Å². The standard InChI is InChI=1S/C21H30N2O3/c1-5-17-12-20(26-22-17)18-7-6-10-23(18)13-16-8-9-19(21(11-16)24-4)25-14-15(2)3/h8-9,11-12,15,18H,5-7,10,13-14H2,1-4H3. The van der Waals surface area contributed by atoms with Crippen LogP contribution in [0.15, 0.2) is 28.8 Å². The number of hydrogen-bond acceptors (Lipinski definition) is 5. The molecule has 0 amide bonds. The van der Waals surface area contributed by atoms with Crippen LogP contribution < -0.4 is 9.47 Å². The minimum atomic E-state index is 0.311. The molecule has 0 N–H and O–H groups in total. The third-order valence-corrected chi connectivity index (χ3v) is 4.82. The van der Waals surface area contributed by atoms with Crippen LogP contribution in [0.4, 0.5) is 0 Å². The quantitative estimate of drug-likeness (QED) is 0.689. The highest BCUT2D eigenvalue weighted by atomic mass is 16.5. The van der Waals surface area contributed by atoms with Crippen molar-refractivity contribution >= 4 is 0 Å². The van der Waals surface area contributed by atoms with Crippen molar-refractivity contribution < 1.29 is 14.0 Å². The predicted molar refractivity (Wildman–Crippen MR) is 102 cm³/mol. The number of aromatic nitrogens is 1. The first kappa shape index (κ1) is 18.8. The minimum Gasteiger partial charge on any atom is -0.493 e. The molecule has 0 spiro atoms. The number of benzene rings is 1. The van der Waals surface area contributed by atoms with E-state index in [1.165, 1.54) is 12.0 Å². The fourth-order valence-electron chi connectivity index (χ4n) is 3.41. The maximum Gasteiger partial charge on any atom is 0.161 e. The van der Waals surface area contributed by atoms with Gasteiger partial charge in [-0.3, -0.25) is 4.90 Å². The zero-order valence-corrected chi connectivity index (χ0v) is 16.3. The summed E-state index contributed by atoms with van der Waals surface area (Å²) in [5, 5.41) is 4.16. The highest BCUT2D eigenvalue weighted by Crippen LogP contribution is 2.35. The average Bonchev–Trinajstić information content (AvgIpc) is 3.29. The molecule has 3 rings (SSSR count). The molecule has 1 aromatic carbocycles. The predicted octanol–water partition coefficient (Wildman–Crippen LogP) is 4.62. The Morgan fingerprint density at radius 1 is 1.27 bits per heavy atom. The summed E-state index contributed by atoms with van der Waals surface area (Å²) in [7, 11) is 1.70. The summed E-state index contributed by atoms with van der Waals surface area (Å²) in [5.74, 6) is 3.08. The van der Waals surface area contributed by atoms with Crippen LogP contribution in [-0.4, -0.2) is 30.3 Å². The summed E-state index contributed by atoms with van der Waals surface area (Å²) in [4.78, 5) is 2.46. The van der Waals surface area contributed by atoms with Crippen LogP contribution in [-0.2, 0) is 13.0 Å². The Morgan fingerprint density at radius 3 is 2.81 bits per heavy atom. The molecule has 0 radical (unpaired) electrons. The van der Waals surface area contributed by atoms with Crippen LogP contribution in [0.1, 0.15) is 56.7 Å². The molecule has 5 nitrogen and oxygen atoms in total. The molecule has 1 aromatic heterocycles. The molecule has 2 heterocycles. The normalized spacial score (nSPS) is 17.8. The van der Waals surface area contributed by atoms with Crippen molar-refractivity contribution in [3.05, 3.63) is 41.3 Å². The molecule has 0 saturated carbocycles. The lowest BCUT2D eigenvalue weighted by atomic mass is 10.1. The van der Waals surface area contributed by atoms with Gasteiger partial charge >= 0.3 is 0 Å². The van der Waals surface area contributed by atoms with Gasteiger partial charge in [-0.1, -0.05) is 32.0 Å². The minimum absolute atomic E-state index is 0.311. The molecule has 142 valence electrons. The maximum atomic E-state index is 5.86. The Balaban J connectivity index is 1.70. The Labute approximate surface area is 156 Å². The molecule has 1 atom stereocenters. The number of hydrogen-bond donors (Lipinski definition) is 0. The molecule has 5 heteroatoms.